The molecule has 1 aromatic carbocycles. The van der Waals surface area contributed by atoms with Crippen molar-refractivity contribution in [3.8, 4) is 0 Å². The molecule has 4 amide bonds. The fourth-order valence-electron chi connectivity index (χ4n) is 2.97. The van der Waals surface area contributed by atoms with Crippen molar-refractivity contribution >= 4 is 41.0 Å². The third-order valence-corrected chi connectivity index (χ3v) is 4.95. The minimum Gasteiger partial charge on any atom is -0.378 e. The van der Waals surface area contributed by atoms with Gasteiger partial charge in [-0.1, -0.05) is 29.3 Å². The van der Waals surface area contributed by atoms with Crippen molar-refractivity contribution in [1.82, 2.24) is 15.1 Å². The first-order valence-electron chi connectivity index (χ1n) is 7.78. The van der Waals surface area contributed by atoms with Crippen molar-refractivity contribution in [3.63, 3.8) is 0 Å². The number of urea groups is 1. The number of amides is 4. The van der Waals surface area contributed by atoms with Gasteiger partial charge in [0.05, 0.1) is 13.2 Å². The van der Waals surface area contributed by atoms with Gasteiger partial charge in [-0.3, -0.25) is 14.5 Å². The Morgan fingerprint density at radius 1 is 1.28 bits per heavy atom. The summed E-state index contributed by atoms with van der Waals surface area (Å²) in [5.74, 6) is -0.818. The molecule has 1 N–H and O–H groups in total. The number of carbonyl (C=O) groups excluding carboxylic acids is 3. The number of benzene rings is 1. The summed E-state index contributed by atoms with van der Waals surface area (Å²) in [4.78, 5) is 40.0. The van der Waals surface area contributed by atoms with E-state index in [0.717, 1.165) is 4.90 Å². The molecule has 0 radical (unpaired) electrons. The molecule has 2 aliphatic rings. The molecule has 0 saturated carbocycles. The number of nitrogens with one attached hydrogen (secondary N) is 1. The fourth-order valence-corrected chi connectivity index (χ4v) is 3.56. The van der Waals surface area contributed by atoms with Gasteiger partial charge in [-0.05, 0) is 19.1 Å². The Morgan fingerprint density at radius 2 is 1.96 bits per heavy atom. The zero-order chi connectivity index (χ0) is 18.2. The van der Waals surface area contributed by atoms with E-state index in [1.54, 1.807) is 24.0 Å². The highest BCUT2D eigenvalue weighted by Crippen LogP contribution is 2.34. The quantitative estimate of drug-likeness (QED) is 0.801. The van der Waals surface area contributed by atoms with Crippen molar-refractivity contribution in [1.29, 1.82) is 0 Å². The maximum absolute atomic E-state index is 12.8. The second kappa shape index (κ2) is 6.82. The number of hydrogen-bond donors (Lipinski definition) is 1. The molecule has 7 nitrogen and oxygen atoms in total. The van der Waals surface area contributed by atoms with Crippen LogP contribution in [0.15, 0.2) is 18.2 Å². The van der Waals surface area contributed by atoms with Crippen molar-refractivity contribution in [3.05, 3.63) is 33.8 Å². The molecule has 2 fully saturated rings. The van der Waals surface area contributed by atoms with E-state index in [0.29, 0.717) is 36.9 Å². The minimum atomic E-state index is -1.34. The Labute approximate surface area is 154 Å². The Kier molecular flexibility index (Phi) is 4.90. The smallest absolute Gasteiger partial charge is 0.325 e. The summed E-state index contributed by atoms with van der Waals surface area (Å²) in [7, 11) is 0. The van der Waals surface area contributed by atoms with Crippen LogP contribution in [0.2, 0.25) is 10.0 Å². The van der Waals surface area contributed by atoms with Gasteiger partial charge in [-0.2, -0.15) is 0 Å². The number of rotatable bonds is 3. The Balaban J connectivity index is 1.80. The highest BCUT2D eigenvalue weighted by Gasteiger charge is 2.50. The topological polar surface area (TPSA) is 79.0 Å². The first-order chi connectivity index (χ1) is 11.8. The van der Waals surface area contributed by atoms with E-state index < -0.39 is 17.5 Å². The number of hydrogen-bond acceptors (Lipinski definition) is 4. The number of nitrogens with zero attached hydrogens (tertiary/aromatic N) is 2. The van der Waals surface area contributed by atoms with Crippen LogP contribution >= 0.6 is 23.2 Å². The van der Waals surface area contributed by atoms with Crippen LogP contribution in [0.25, 0.3) is 0 Å². The van der Waals surface area contributed by atoms with Crippen LogP contribution in [0, 0.1) is 0 Å². The lowest BCUT2D eigenvalue weighted by Gasteiger charge is -2.28. The molecule has 0 aliphatic carbocycles. The molecule has 2 aliphatic heterocycles. The summed E-state index contributed by atoms with van der Waals surface area (Å²) in [6, 6.07) is 4.07. The summed E-state index contributed by atoms with van der Waals surface area (Å²) in [6.07, 6.45) is 0. The van der Waals surface area contributed by atoms with E-state index in [2.05, 4.69) is 5.32 Å². The number of imide groups is 1. The molecule has 0 spiro atoms. The number of ether oxygens (including phenoxy) is 1. The zero-order valence-corrected chi connectivity index (χ0v) is 15.1. The van der Waals surface area contributed by atoms with Crippen LogP contribution in [0.5, 0.6) is 0 Å². The highest BCUT2D eigenvalue weighted by molar-refractivity contribution is 6.35. The van der Waals surface area contributed by atoms with Gasteiger partial charge >= 0.3 is 6.03 Å². The van der Waals surface area contributed by atoms with E-state index >= 15 is 0 Å². The summed E-state index contributed by atoms with van der Waals surface area (Å²) >= 11 is 12.1. The minimum absolute atomic E-state index is 0.269. The van der Waals surface area contributed by atoms with Gasteiger partial charge in [0.2, 0.25) is 5.91 Å². The normalized spacial score (nSPS) is 23.8. The van der Waals surface area contributed by atoms with Crippen molar-refractivity contribution in [2.24, 2.45) is 0 Å². The Morgan fingerprint density at radius 3 is 2.60 bits per heavy atom. The standard InChI is InChI=1S/C16H17Cl2N3O4/c1-16(11-3-2-10(17)8-12(11)18)14(23)21(15(24)19-16)9-13(22)20-4-6-25-7-5-20/h2-3,8H,4-7,9H2,1H3,(H,19,24)/t16-/m0/s1. The molecule has 2 heterocycles. The average molecular weight is 386 g/mol. The summed E-state index contributed by atoms with van der Waals surface area (Å²) in [5, 5.41) is 3.32. The third kappa shape index (κ3) is 3.31. The number of morpholine rings is 1. The lowest BCUT2D eigenvalue weighted by Crippen LogP contribution is -2.47. The van der Waals surface area contributed by atoms with Gasteiger partial charge in [-0.25, -0.2) is 4.79 Å². The molecule has 0 bridgehead atoms. The van der Waals surface area contributed by atoms with Gasteiger partial charge < -0.3 is 15.0 Å². The molecule has 25 heavy (non-hydrogen) atoms. The van der Waals surface area contributed by atoms with Crippen LogP contribution in [0.1, 0.15) is 12.5 Å². The van der Waals surface area contributed by atoms with E-state index in [9.17, 15) is 14.4 Å². The van der Waals surface area contributed by atoms with E-state index in [1.807, 2.05) is 0 Å². The lowest BCUT2D eigenvalue weighted by molar-refractivity contribution is -0.141. The molecule has 1 atom stereocenters. The summed E-state index contributed by atoms with van der Waals surface area (Å²) in [5.41, 5.74) is -0.914. The van der Waals surface area contributed by atoms with Crippen molar-refractivity contribution < 1.29 is 19.1 Å². The highest BCUT2D eigenvalue weighted by atomic mass is 35.5. The van der Waals surface area contributed by atoms with Crippen molar-refractivity contribution in [2.45, 2.75) is 12.5 Å². The van der Waals surface area contributed by atoms with Gasteiger partial charge in [0.25, 0.3) is 5.91 Å². The average Bonchev–Trinajstić information content (AvgIpc) is 2.79. The monoisotopic (exact) mass is 385 g/mol. The SMILES string of the molecule is C[C@@]1(c2ccc(Cl)cc2Cl)NC(=O)N(CC(=O)N2CCOCC2)C1=O. The zero-order valence-electron chi connectivity index (χ0n) is 13.6. The predicted molar refractivity (Wildman–Crippen MR) is 91.5 cm³/mol. The first kappa shape index (κ1) is 18.0. The lowest BCUT2D eigenvalue weighted by atomic mass is 9.92. The van der Waals surface area contributed by atoms with Gasteiger partial charge in [0, 0.05) is 28.7 Å². The van der Waals surface area contributed by atoms with E-state index in [4.69, 9.17) is 27.9 Å². The van der Waals surface area contributed by atoms with Gasteiger partial charge in [0.15, 0.2) is 0 Å². The largest absolute Gasteiger partial charge is 0.378 e. The maximum Gasteiger partial charge on any atom is 0.325 e. The molecular weight excluding hydrogens is 369 g/mol. The maximum atomic E-state index is 12.8. The molecular formula is C16H17Cl2N3O4. The predicted octanol–water partition coefficient (Wildman–Crippen LogP) is 1.62. The summed E-state index contributed by atoms with van der Waals surface area (Å²) in [6.45, 7) is 3.03. The van der Waals surface area contributed by atoms with Gasteiger partial charge in [-0.15, -0.1) is 0 Å². The molecule has 9 heteroatoms. The fraction of sp³-hybridized carbons (Fsp3) is 0.438. The van der Waals surface area contributed by atoms with Crippen LogP contribution in [0.4, 0.5) is 4.79 Å². The molecule has 0 unspecified atom stereocenters. The Hall–Kier alpha value is -1.83. The van der Waals surface area contributed by atoms with Crippen molar-refractivity contribution in [2.75, 3.05) is 32.8 Å². The number of carbonyl (C=O) groups is 3. The first-order valence-corrected chi connectivity index (χ1v) is 8.53. The molecule has 3 rings (SSSR count). The van der Waals surface area contributed by atoms with E-state index in [-0.39, 0.29) is 17.5 Å². The molecule has 0 aromatic heterocycles. The molecule has 1 aromatic rings. The number of halogens is 2. The van der Waals surface area contributed by atoms with Crippen LogP contribution in [-0.4, -0.2) is 60.5 Å². The van der Waals surface area contributed by atoms with Gasteiger partial charge in [0.1, 0.15) is 12.1 Å². The van der Waals surface area contributed by atoms with E-state index in [1.165, 1.54) is 6.07 Å². The molecule has 134 valence electrons. The second-order valence-corrected chi connectivity index (χ2v) is 6.91. The van der Waals surface area contributed by atoms with Crippen LogP contribution in [0.3, 0.4) is 0 Å². The third-order valence-electron chi connectivity index (χ3n) is 4.40. The molecule has 2 saturated heterocycles. The Bertz CT molecular complexity index is 736. The summed E-state index contributed by atoms with van der Waals surface area (Å²) < 4.78 is 5.20. The van der Waals surface area contributed by atoms with Crippen LogP contribution < -0.4 is 5.32 Å². The second-order valence-electron chi connectivity index (χ2n) is 6.06. The van der Waals surface area contributed by atoms with Crippen LogP contribution in [-0.2, 0) is 19.9 Å².